The molecule has 0 aliphatic carbocycles. The Morgan fingerprint density at radius 1 is 1.50 bits per heavy atom. The number of nitrogens with two attached hydrogens (primary N) is 1. The van der Waals surface area contributed by atoms with E-state index >= 15 is 0 Å². The Labute approximate surface area is 77.0 Å². The number of aromatic hydroxyl groups is 1. The highest BCUT2D eigenvalue weighted by Gasteiger charge is 2.04. The summed E-state index contributed by atoms with van der Waals surface area (Å²) in [5.74, 6) is 0.250. The van der Waals surface area contributed by atoms with E-state index in [2.05, 4.69) is 0 Å². The Kier molecular flexibility index (Phi) is 2.95. The summed E-state index contributed by atoms with van der Waals surface area (Å²) in [7, 11) is 0. The molecule has 0 aliphatic heterocycles. The van der Waals surface area contributed by atoms with Crippen LogP contribution in [0.3, 0.4) is 0 Å². The van der Waals surface area contributed by atoms with Crippen LogP contribution < -0.4 is 5.73 Å². The molecule has 1 aromatic rings. The normalized spacial score (nSPS) is 10.2. The summed E-state index contributed by atoms with van der Waals surface area (Å²) in [5, 5.41) is 9.95. The summed E-state index contributed by atoms with van der Waals surface area (Å²) in [5.41, 5.74) is 7.19. The number of phenolic OH excluding ortho intramolecular Hbond substituents is 1. The second kappa shape index (κ2) is 3.78. The Bertz CT molecular complexity index is 286. The van der Waals surface area contributed by atoms with Crippen molar-refractivity contribution in [3.8, 4) is 5.75 Å². The molecule has 0 spiro atoms. The summed E-state index contributed by atoms with van der Waals surface area (Å²) in [6, 6.07) is 3.30. The molecule has 66 valence electrons. The van der Waals surface area contributed by atoms with E-state index in [0.29, 0.717) is 18.0 Å². The predicted molar refractivity (Wildman–Crippen MR) is 50.6 cm³/mol. The number of aryl methyl sites for hydroxylation is 1. The maximum Gasteiger partial charge on any atom is 0.116 e. The van der Waals surface area contributed by atoms with Crippen molar-refractivity contribution in [1.29, 1.82) is 0 Å². The van der Waals surface area contributed by atoms with Gasteiger partial charge in [0.25, 0.3) is 0 Å². The van der Waals surface area contributed by atoms with Crippen LogP contribution in [-0.2, 0) is 6.42 Å². The van der Waals surface area contributed by atoms with Gasteiger partial charge in [-0.15, -0.1) is 0 Å². The third kappa shape index (κ3) is 1.90. The monoisotopic (exact) mass is 185 g/mol. The smallest absolute Gasteiger partial charge is 0.116 e. The molecule has 2 nitrogen and oxygen atoms in total. The van der Waals surface area contributed by atoms with E-state index in [-0.39, 0.29) is 5.75 Å². The van der Waals surface area contributed by atoms with Crippen molar-refractivity contribution in [2.45, 2.75) is 13.3 Å². The third-order valence-electron chi connectivity index (χ3n) is 1.73. The highest BCUT2D eigenvalue weighted by molar-refractivity contribution is 6.32. The van der Waals surface area contributed by atoms with Gasteiger partial charge in [-0.3, -0.25) is 0 Å². The molecule has 3 heteroatoms. The lowest BCUT2D eigenvalue weighted by Crippen LogP contribution is -2.03. The van der Waals surface area contributed by atoms with Crippen LogP contribution in [-0.4, -0.2) is 11.7 Å². The molecule has 0 bridgehead atoms. The second-order valence-corrected chi connectivity index (χ2v) is 3.15. The van der Waals surface area contributed by atoms with Crippen LogP contribution in [0.1, 0.15) is 11.1 Å². The van der Waals surface area contributed by atoms with Gasteiger partial charge in [0.2, 0.25) is 0 Å². The van der Waals surface area contributed by atoms with Crippen LogP contribution in [0.25, 0.3) is 0 Å². The van der Waals surface area contributed by atoms with E-state index in [0.717, 1.165) is 11.1 Å². The lowest BCUT2D eigenvalue weighted by Gasteiger charge is -2.06. The van der Waals surface area contributed by atoms with E-state index in [9.17, 15) is 5.11 Å². The van der Waals surface area contributed by atoms with E-state index in [1.807, 2.05) is 6.92 Å². The summed E-state index contributed by atoms with van der Waals surface area (Å²) in [6.07, 6.45) is 0.702. The fourth-order valence-electron chi connectivity index (χ4n) is 1.16. The zero-order valence-electron chi connectivity index (χ0n) is 6.97. The molecule has 0 saturated carbocycles. The van der Waals surface area contributed by atoms with Crippen molar-refractivity contribution in [1.82, 2.24) is 0 Å². The van der Waals surface area contributed by atoms with Crippen molar-refractivity contribution in [3.05, 3.63) is 28.3 Å². The zero-order valence-corrected chi connectivity index (χ0v) is 7.73. The number of hydrogen-bond donors (Lipinski definition) is 2. The molecule has 0 radical (unpaired) electrons. The lowest BCUT2D eigenvalue weighted by atomic mass is 10.1. The third-order valence-corrected chi connectivity index (χ3v) is 2.27. The first-order valence-electron chi connectivity index (χ1n) is 3.83. The minimum absolute atomic E-state index is 0.250. The van der Waals surface area contributed by atoms with Crippen LogP contribution in [0.4, 0.5) is 0 Å². The SMILES string of the molecule is Cc1cc(O)cc(CCN)c1Cl. The minimum atomic E-state index is 0.250. The molecule has 0 heterocycles. The van der Waals surface area contributed by atoms with E-state index in [4.69, 9.17) is 17.3 Å². The molecule has 3 N–H and O–H groups in total. The number of halogens is 1. The van der Waals surface area contributed by atoms with Gasteiger partial charge in [-0.1, -0.05) is 11.6 Å². The number of rotatable bonds is 2. The predicted octanol–water partition coefficient (Wildman–Crippen LogP) is 1.86. The highest BCUT2D eigenvalue weighted by atomic mass is 35.5. The number of phenols is 1. The lowest BCUT2D eigenvalue weighted by molar-refractivity contribution is 0.474. The minimum Gasteiger partial charge on any atom is -0.508 e. The maximum atomic E-state index is 9.25. The van der Waals surface area contributed by atoms with Crippen molar-refractivity contribution >= 4 is 11.6 Å². The summed E-state index contributed by atoms with van der Waals surface area (Å²) in [6.45, 7) is 2.41. The summed E-state index contributed by atoms with van der Waals surface area (Å²) < 4.78 is 0. The van der Waals surface area contributed by atoms with E-state index in [1.165, 1.54) is 0 Å². The molecular formula is C9H12ClNO. The molecule has 0 aromatic heterocycles. The highest BCUT2D eigenvalue weighted by Crippen LogP contribution is 2.25. The Morgan fingerprint density at radius 3 is 2.75 bits per heavy atom. The molecule has 0 amide bonds. The van der Waals surface area contributed by atoms with Crippen molar-refractivity contribution < 1.29 is 5.11 Å². The van der Waals surface area contributed by atoms with Gasteiger partial charge in [0, 0.05) is 5.02 Å². The molecule has 12 heavy (non-hydrogen) atoms. The Morgan fingerprint density at radius 2 is 2.17 bits per heavy atom. The fourth-order valence-corrected chi connectivity index (χ4v) is 1.36. The van der Waals surface area contributed by atoms with Crippen LogP contribution >= 0.6 is 11.6 Å². The second-order valence-electron chi connectivity index (χ2n) is 2.77. The summed E-state index contributed by atoms with van der Waals surface area (Å²) >= 11 is 5.98. The van der Waals surface area contributed by atoms with E-state index in [1.54, 1.807) is 12.1 Å². The summed E-state index contributed by atoms with van der Waals surface area (Å²) in [4.78, 5) is 0. The van der Waals surface area contributed by atoms with E-state index < -0.39 is 0 Å². The largest absolute Gasteiger partial charge is 0.508 e. The van der Waals surface area contributed by atoms with Crippen molar-refractivity contribution in [3.63, 3.8) is 0 Å². The Balaban J connectivity index is 3.09. The molecule has 0 fully saturated rings. The average Bonchev–Trinajstić information content (AvgIpc) is 2.00. The van der Waals surface area contributed by atoms with Gasteiger partial charge in [-0.2, -0.15) is 0 Å². The molecule has 0 unspecified atom stereocenters. The first kappa shape index (κ1) is 9.36. The molecule has 0 saturated heterocycles. The van der Waals surface area contributed by atoms with Gasteiger partial charge in [-0.25, -0.2) is 0 Å². The fraction of sp³-hybridized carbons (Fsp3) is 0.333. The van der Waals surface area contributed by atoms with Crippen LogP contribution in [0, 0.1) is 6.92 Å². The molecule has 1 rings (SSSR count). The van der Waals surface area contributed by atoms with Crippen LogP contribution in [0.2, 0.25) is 5.02 Å². The van der Waals surface area contributed by atoms with Gasteiger partial charge in [0.15, 0.2) is 0 Å². The molecule has 1 aromatic carbocycles. The molecule has 0 atom stereocenters. The van der Waals surface area contributed by atoms with Gasteiger partial charge in [0.1, 0.15) is 5.75 Å². The number of benzene rings is 1. The van der Waals surface area contributed by atoms with Crippen molar-refractivity contribution in [2.24, 2.45) is 5.73 Å². The first-order valence-corrected chi connectivity index (χ1v) is 4.21. The quantitative estimate of drug-likeness (QED) is 0.739. The standard InChI is InChI=1S/C9H12ClNO/c1-6-4-8(12)5-7(2-3-11)9(6)10/h4-5,12H,2-3,11H2,1H3. The molecule has 0 aliphatic rings. The van der Waals surface area contributed by atoms with Gasteiger partial charge in [-0.05, 0) is 43.1 Å². The maximum absolute atomic E-state index is 9.25. The van der Waals surface area contributed by atoms with Crippen molar-refractivity contribution in [2.75, 3.05) is 6.54 Å². The molecular weight excluding hydrogens is 174 g/mol. The average molecular weight is 186 g/mol. The van der Waals surface area contributed by atoms with Gasteiger partial charge >= 0.3 is 0 Å². The van der Waals surface area contributed by atoms with Gasteiger partial charge < -0.3 is 10.8 Å². The first-order chi connectivity index (χ1) is 5.65. The topological polar surface area (TPSA) is 46.2 Å². The van der Waals surface area contributed by atoms with Crippen LogP contribution in [0.5, 0.6) is 5.75 Å². The zero-order chi connectivity index (χ0) is 9.14. The number of hydrogen-bond acceptors (Lipinski definition) is 2. The Hall–Kier alpha value is -0.730. The van der Waals surface area contributed by atoms with Crippen LogP contribution in [0.15, 0.2) is 12.1 Å². The van der Waals surface area contributed by atoms with Gasteiger partial charge in [0.05, 0.1) is 0 Å².